The Morgan fingerprint density at radius 2 is 1.94 bits per heavy atom. The van der Waals surface area contributed by atoms with Gasteiger partial charge in [0.25, 0.3) is 0 Å². The number of urea groups is 1. The third-order valence-corrected chi connectivity index (χ3v) is 2.98. The average Bonchev–Trinajstić information content (AvgIpc) is 2.26. The molecule has 5 heteroatoms. The van der Waals surface area contributed by atoms with Gasteiger partial charge >= 0.3 is 6.03 Å². The largest absolute Gasteiger partial charge is 0.384 e. The third-order valence-electron chi connectivity index (χ3n) is 2.46. The second-order valence-electron chi connectivity index (χ2n) is 4.33. The van der Waals surface area contributed by atoms with E-state index in [2.05, 4.69) is 21.2 Å². The lowest BCUT2D eigenvalue weighted by Crippen LogP contribution is -2.42. The van der Waals surface area contributed by atoms with Crippen molar-refractivity contribution >= 4 is 22.0 Å². The van der Waals surface area contributed by atoms with Crippen LogP contribution in [-0.2, 0) is 5.60 Å². The number of hydrogen-bond acceptors (Lipinski definition) is 2. The van der Waals surface area contributed by atoms with Crippen LogP contribution in [0.15, 0.2) is 28.7 Å². The molecule has 0 aliphatic heterocycles. The summed E-state index contributed by atoms with van der Waals surface area (Å²) in [7, 11) is 3.31. The van der Waals surface area contributed by atoms with Crippen LogP contribution < -0.4 is 5.32 Å². The fourth-order valence-corrected chi connectivity index (χ4v) is 1.58. The first kappa shape index (κ1) is 14.0. The molecule has 0 saturated carbocycles. The zero-order valence-corrected chi connectivity index (χ0v) is 11.8. The fourth-order valence-electron chi connectivity index (χ4n) is 1.32. The van der Waals surface area contributed by atoms with Crippen molar-refractivity contribution in [3.05, 3.63) is 34.3 Å². The van der Waals surface area contributed by atoms with E-state index in [1.165, 1.54) is 4.90 Å². The predicted molar refractivity (Wildman–Crippen MR) is 70.8 cm³/mol. The van der Waals surface area contributed by atoms with Gasteiger partial charge in [-0.15, -0.1) is 0 Å². The number of nitrogens with zero attached hydrogens (tertiary/aromatic N) is 1. The van der Waals surface area contributed by atoms with Crippen LogP contribution in [0.4, 0.5) is 4.79 Å². The first-order valence-electron chi connectivity index (χ1n) is 5.26. The van der Waals surface area contributed by atoms with Gasteiger partial charge in [0.1, 0.15) is 5.60 Å². The second-order valence-corrected chi connectivity index (χ2v) is 5.25. The van der Waals surface area contributed by atoms with Gasteiger partial charge in [-0.2, -0.15) is 0 Å². The molecule has 1 unspecified atom stereocenters. The van der Waals surface area contributed by atoms with E-state index in [9.17, 15) is 9.90 Å². The molecule has 94 valence electrons. The van der Waals surface area contributed by atoms with Crippen molar-refractivity contribution in [1.29, 1.82) is 0 Å². The van der Waals surface area contributed by atoms with E-state index in [0.29, 0.717) is 0 Å². The minimum atomic E-state index is -1.08. The standard InChI is InChI=1S/C12H17BrN2O2/c1-12(17,8-14-11(16)15(2)3)9-4-6-10(13)7-5-9/h4-7,17H,8H2,1-3H3,(H,14,16). The minimum Gasteiger partial charge on any atom is -0.384 e. The molecule has 1 rings (SSSR count). The van der Waals surface area contributed by atoms with Crippen LogP contribution in [0.25, 0.3) is 0 Å². The summed E-state index contributed by atoms with van der Waals surface area (Å²) >= 11 is 3.34. The van der Waals surface area contributed by atoms with Gasteiger partial charge in [0.2, 0.25) is 0 Å². The molecule has 0 heterocycles. The lowest BCUT2D eigenvalue weighted by Gasteiger charge is -2.25. The maximum Gasteiger partial charge on any atom is 0.316 e. The summed E-state index contributed by atoms with van der Waals surface area (Å²) in [6.45, 7) is 1.85. The van der Waals surface area contributed by atoms with Crippen molar-refractivity contribution in [3.8, 4) is 0 Å². The number of carbonyl (C=O) groups excluding carboxylic acids is 1. The Kier molecular flexibility index (Phi) is 4.54. The van der Waals surface area contributed by atoms with Crippen LogP contribution in [0.5, 0.6) is 0 Å². The van der Waals surface area contributed by atoms with Crippen LogP contribution in [0.2, 0.25) is 0 Å². The van der Waals surface area contributed by atoms with Crippen molar-refractivity contribution in [2.45, 2.75) is 12.5 Å². The summed E-state index contributed by atoms with van der Waals surface area (Å²) in [4.78, 5) is 12.8. The molecule has 2 amide bonds. The molecular formula is C12H17BrN2O2. The smallest absolute Gasteiger partial charge is 0.316 e. The molecule has 0 bridgehead atoms. The normalized spacial score (nSPS) is 13.9. The van der Waals surface area contributed by atoms with Gasteiger partial charge in [0, 0.05) is 18.6 Å². The van der Waals surface area contributed by atoms with Gasteiger partial charge < -0.3 is 15.3 Å². The van der Waals surface area contributed by atoms with E-state index in [1.54, 1.807) is 21.0 Å². The maximum atomic E-state index is 11.4. The molecule has 1 aromatic rings. The summed E-state index contributed by atoms with van der Waals surface area (Å²) in [6, 6.07) is 7.15. The number of benzene rings is 1. The molecule has 1 atom stereocenters. The Labute approximate surface area is 110 Å². The molecule has 2 N–H and O–H groups in total. The molecule has 0 radical (unpaired) electrons. The summed E-state index contributed by atoms with van der Waals surface area (Å²) in [6.07, 6.45) is 0. The SMILES string of the molecule is CN(C)C(=O)NCC(C)(O)c1ccc(Br)cc1. The Balaban J connectivity index is 2.68. The lowest BCUT2D eigenvalue weighted by atomic mass is 9.96. The minimum absolute atomic E-state index is 0.172. The number of rotatable bonds is 3. The highest BCUT2D eigenvalue weighted by Crippen LogP contribution is 2.21. The molecule has 17 heavy (non-hydrogen) atoms. The van der Waals surface area contributed by atoms with Crippen LogP contribution in [0, 0.1) is 0 Å². The summed E-state index contributed by atoms with van der Waals surface area (Å²) in [5.74, 6) is 0. The van der Waals surface area contributed by atoms with Crippen LogP contribution in [0.3, 0.4) is 0 Å². The van der Waals surface area contributed by atoms with Gasteiger partial charge in [0.15, 0.2) is 0 Å². The van der Waals surface area contributed by atoms with Crippen molar-refractivity contribution < 1.29 is 9.90 Å². The lowest BCUT2D eigenvalue weighted by molar-refractivity contribution is 0.0582. The molecule has 0 aromatic heterocycles. The zero-order chi connectivity index (χ0) is 13.1. The summed E-state index contributed by atoms with van der Waals surface area (Å²) < 4.78 is 0.953. The van der Waals surface area contributed by atoms with E-state index in [0.717, 1.165) is 10.0 Å². The average molecular weight is 301 g/mol. The predicted octanol–water partition coefficient (Wildman–Crippen LogP) is 1.93. The fraction of sp³-hybridized carbons (Fsp3) is 0.417. The Bertz CT molecular complexity index is 388. The zero-order valence-electron chi connectivity index (χ0n) is 10.2. The Morgan fingerprint density at radius 3 is 2.41 bits per heavy atom. The van der Waals surface area contributed by atoms with E-state index < -0.39 is 5.60 Å². The van der Waals surface area contributed by atoms with Crippen molar-refractivity contribution in [2.75, 3.05) is 20.6 Å². The van der Waals surface area contributed by atoms with E-state index in [-0.39, 0.29) is 12.6 Å². The number of nitrogens with one attached hydrogen (secondary N) is 1. The first-order chi connectivity index (χ1) is 7.83. The molecule has 0 aliphatic rings. The number of carbonyl (C=O) groups is 1. The number of hydrogen-bond donors (Lipinski definition) is 2. The van der Waals surface area contributed by atoms with E-state index >= 15 is 0 Å². The Hall–Kier alpha value is -1.07. The quantitative estimate of drug-likeness (QED) is 0.896. The van der Waals surface area contributed by atoms with Crippen LogP contribution in [0.1, 0.15) is 12.5 Å². The van der Waals surface area contributed by atoms with Gasteiger partial charge in [-0.25, -0.2) is 4.79 Å². The van der Waals surface area contributed by atoms with E-state index in [1.807, 2.05) is 24.3 Å². The molecule has 4 nitrogen and oxygen atoms in total. The van der Waals surface area contributed by atoms with Gasteiger partial charge in [-0.3, -0.25) is 0 Å². The van der Waals surface area contributed by atoms with Gasteiger partial charge in [0.05, 0.1) is 6.54 Å². The van der Waals surface area contributed by atoms with Gasteiger partial charge in [-0.1, -0.05) is 28.1 Å². The van der Waals surface area contributed by atoms with Crippen molar-refractivity contribution in [3.63, 3.8) is 0 Å². The van der Waals surface area contributed by atoms with Crippen molar-refractivity contribution in [2.24, 2.45) is 0 Å². The maximum absolute atomic E-state index is 11.4. The molecule has 0 saturated heterocycles. The first-order valence-corrected chi connectivity index (χ1v) is 6.06. The summed E-state index contributed by atoms with van der Waals surface area (Å²) in [5.41, 5.74) is -0.313. The highest BCUT2D eigenvalue weighted by Gasteiger charge is 2.23. The second kappa shape index (κ2) is 5.51. The van der Waals surface area contributed by atoms with E-state index in [4.69, 9.17) is 0 Å². The topological polar surface area (TPSA) is 52.6 Å². The molecule has 0 fully saturated rings. The highest BCUT2D eigenvalue weighted by atomic mass is 79.9. The monoisotopic (exact) mass is 300 g/mol. The number of amides is 2. The summed E-state index contributed by atoms with van der Waals surface area (Å²) in [5, 5.41) is 12.9. The van der Waals surface area contributed by atoms with Crippen molar-refractivity contribution in [1.82, 2.24) is 10.2 Å². The number of aliphatic hydroxyl groups is 1. The molecule has 0 spiro atoms. The Morgan fingerprint density at radius 1 is 1.41 bits per heavy atom. The van der Waals surface area contributed by atoms with Crippen LogP contribution >= 0.6 is 15.9 Å². The molecular weight excluding hydrogens is 284 g/mol. The third kappa shape index (κ3) is 4.02. The highest BCUT2D eigenvalue weighted by molar-refractivity contribution is 9.10. The molecule has 0 aliphatic carbocycles. The van der Waals surface area contributed by atoms with Crippen LogP contribution in [-0.4, -0.2) is 36.7 Å². The van der Waals surface area contributed by atoms with Gasteiger partial charge in [-0.05, 0) is 24.6 Å². The molecule has 1 aromatic carbocycles. The number of halogens is 1.